The Balaban J connectivity index is 2.19. The smallest absolute Gasteiger partial charge is 0.309 e. The van der Waals surface area contributed by atoms with Crippen molar-refractivity contribution in [3.8, 4) is 0 Å². The maximum absolute atomic E-state index is 10.6. The number of aliphatic carboxylic acids is 1. The van der Waals surface area contributed by atoms with Crippen LogP contribution in [0.4, 0.5) is 0 Å². The highest BCUT2D eigenvalue weighted by molar-refractivity contribution is 5.70. The Morgan fingerprint density at radius 1 is 1.62 bits per heavy atom. The van der Waals surface area contributed by atoms with E-state index in [0.29, 0.717) is 12.1 Å². The lowest BCUT2D eigenvalue weighted by molar-refractivity contribution is -0.136. The number of aromatic nitrogens is 3. The largest absolute Gasteiger partial charge is 0.481 e. The zero-order valence-corrected chi connectivity index (χ0v) is 8.97. The second-order valence-corrected chi connectivity index (χ2v) is 3.73. The molecule has 0 aliphatic heterocycles. The van der Waals surface area contributed by atoms with Crippen molar-refractivity contribution in [2.45, 2.75) is 12.8 Å². The summed E-state index contributed by atoms with van der Waals surface area (Å²) in [5.74, 6) is -0.850. The van der Waals surface area contributed by atoms with Crippen molar-refractivity contribution in [2.24, 2.45) is 7.05 Å². The van der Waals surface area contributed by atoms with Gasteiger partial charge in [-0.05, 0) is 17.7 Å². The Hall–Kier alpha value is -2.04. The molecule has 84 valence electrons. The van der Waals surface area contributed by atoms with Crippen LogP contribution in [0.25, 0.3) is 0 Å². The van der Waals surface area contributed by atoms with E-state index in [2.05, 4.69) is 10.2 Å². The van der Waals surface area contributed by atoms with Crippen LogP contribution in [-0.4, -0.2) is 25.8 Å². The van der Waals surface area contributed by atoms with Gasteiger partial charge in [-0.15, -0.1) is 0 Å². The molecule has 0 saturated heterocycles. The molecule has 5 heteroatoms. The van der Waals surface area contributed by atoms with Crippen LogP contribution in [0.2, 0.25) is 0 Å². The molecule has 0 fully saturated rings. The number of rotatable bonds is 4. The summed E-state index contributed by atoms with van der Waals surface area (Å²) in [5, 5.41) is 15.4. The van der Waals surface area contributed by atoms with Gasteiger partial charge in [0.25, 0.3) is 0 Å². The molecule has 5 nitrogen and oxygen atoms in total. The van der Waals surface area contributed by atoms with Gasteiger partial charge in [0.1, 0.15) is 0 Å². The molecule has 2 aromatic rings. The highest BCUT2D eigenvalue weighted by Gasteiger charge is 2.10. The van der Waals surface area contributed by atoms with Gasteiger partial charge in [0, 0.05) is 31.1 Å². The van der Waals surface area contributed by atoms with E-state index in [1.165, 1.54) is 0 Å². The lowest BCUT2D eigenvalue weighted by Gasteiger charge is -2.03. The van der Waals surface area contributed by atoms with Gasteiger partial charge in [0.05, 0.1) is 12.6 Å². The molecule has 16 heavy (non-hydrogen) atoms. The molecule has 0 aromatic carbocycles. The zero-order valence-electron chi connectivity index (χ0n) is 8.97. The van der Waals surface area contributed by atoms with E-state index < -0.39 is 5.97 Å². The topological polar surface area (TPSA) is 70.9 Å². The van der Waals surface area contributed by atoms with Gasteiger partial charge in [-0.3, -0.25) is 9.89 Å². The number of hydrogen-bond acceptors (Lipinski definition) is 2. The second kappa shape index (κ2) is 4.22. The van der Waals surface area contributed by atoms with Crippen LogP contribution in [-0.2, 0) is 24.7 Å². The normalized spacial score (nSPS) is 10.6. The van der Waals surface area contributed by atoms with Crippen molar-refractivity contribution < 1.29 is 9.90 Å². The number of nitrogens with one attached hydrogen (secondary N) is 1. The third kappa shape index (κ3) is 2.13. The van der Waals surface area contributed by atoms with Crippen molar-refractivity contribution >= 4 is 5.97 Å². The molecule has 0 amide bonds. The summed E-state index contributed by atoms with van der Waals surface area (Å²) < 4.78 is 2.01. The average Bonchev–Trinajstić information content (AvgIpc) is 2.78. The fraction of sp³-hybridized carbons (Fsp3) is 0.273. The molecular formula is C11H13N3O2. The van der Waals surface area contributed by atoms with Gasteiger partial charge in [0.2, 0.25) is 0 Å². The van der Waals surface area contributed by atoms with Crippen molar-refractivity contribution in [3.63, 3.8) is 0 Å². The molecule has 0 unspecified atom stereocenters. The molecule has 0 bridgehead atoms. The summed E-state index contributed by atoms with van der Waals surface area (Å²) in [5.41, 5.74) is 2.74. The van der Waals surface area contributed by atoms with Crippen LogP contribution in [0, 0.1) is 0 Å². The predicted molar refractivity (Wildman–Crippen MR) is 58.1 cm³/mol. The number of carboxylic acid groups (broad SMARTS) is 1. The number of carbonyl (C=O) groups is 1. The van der Waals surface area contributed by atoms with Crippen molar-refractivity contribution in [1.29, 1.82) is 0 Å². The minimum absolute atomic E-state index is 0.0141. The van der Waals surface area contributed by atoms with E-state index in [9.17, 15) is 4.79 Å². The zero-order chi connectivity index (χ0) is 11.5. The van der Waals surface area contributed by atoms with Gasteiger partial charge in [0.15, 0.2) is 0 Å². The van der Waals surface area contributed by atoms with Gasteiger partial charge >= 0.3 is 5.97 Å². The summed E-state index contributed by atoms with van der Waals surface area (Å²) in [6, 6.07) is 3.98. The van der Waals surface area contributed by atoms with Crippen molar-refractivity contribution in [1.82, 2.24) is 14.8 Å². The van der Waals surface area contributed by atoms with E-state index in [1.807, 2.05) is 29.9 Å². The maximum atomic E-state index is 10.6. The summed E-state index contributed by atoms with van der Waals surface area (Å²) in [4.78, 5) is 10.6. The lowest BCUT2D eigenvalue weighted by Crippen LogP contribution is -2.04. The number of aryl methyl sites for hydroxylation is 1. The fourth-order valence-corrected chi connectivity index (χ4v) is 1.67. The first kappa shape index (κ1) is 10.5. The average molecular weight is 219 g/mol. The summed E-state index contributed by atoms with van der Waals surface area (Å²) in [7, 11) is 1.96. The van der Waals surface area contributed by atoms with Gasteiger partial charge in [-0.2, -0.15) is 5.10 Å². The van der Waals surface area contributed by atoms with Crippen molar-refractivity contribution in [3.05, 3.63) is 41.5 Å². The molecule has 0 spiro atoms. The SMILES string of the molecule is Cn1cccc1Cc1cn[nH]c1CC(=O)O. The maximum Gasteiger partial charge on any atom is 0.309 e. The Kier molecular flexibility index (Phi) is 2.76. The first-order chi connectivity index (χ1) is 7.66. The van der Waals surface area contributed by atoms with E-state index in [-0.39, 0.29) is 6.42 Å². The van der Waals surface area contributed by atoms with Crippen LogP contribution in [0.3, 0.4) is 0 Å². The summed E-state index contributed by atoms with van der Waals surface area (Å²) in [6.45, 7) is 0. The molecule has 2 aromatic heterocycles. The molecule has 0 atom stereocenters. The highest BCUT2D eigenvalue weighted by atomic mass is 16.4. The van der Waals surface area contributed by atoms with Crippen LogP contribution < -0.4 is 0 Å². The van der Waals surface area contributed by atoms with E-state index >= 15 is 0 Å². The van der Waals surface area contributed by atoms with Crippen LogP contribution in [0.15, 0.2) is 24.5 Å². The molecule has 0 radical (unpaired) electrons. The molecule has 0 aliphatic carbocycles. The monoisotopic (exact) mass is 219 g/mol. The number of H-pyrrole nitrogens is 1. The number of hydrogen-bond donors (Lipinski definition) is 2. The quantitative estimate of drug-likeness (QED) is 0.804. The van der Waals surface area contributed by atoms with Crippen molar-refractivity contribution in [2.75, 3.05) is 0 Å². The molecule has 0 saturated carbocycles. The Labute approximate surface area is 92.7 Å². The molecule has 2 N–H and O–H groups in total. The summed E-state index contributed by atoms with van der Waals surface area (Å²) >= 11 is 0. The van der Waals surface area contributed by atoms with E-state index in [0.717, 1.165) is 11.3 Å². The summed E-state index contributed by atoms with van der Waals surface area (Å²) in [6.07, 6.45) is 4.33. The van der Waals surface area contributed by atoms with Gasteiger partial charge in [-0.25, -0.2) is 0 Å². The minimum Gasteiger partial charge on any atom is -0.481 e. The third-order valence-corrected chi connectivity index (χ3v) is 2.56. The predicted octanol–water partition coefficient (Wildman–Crippen LogP) is 0.966. The first-order valence-corrected chi connectivity index (χ1v) is 5.00. The van der Waals surface area contributed by atoms with Gasteiger partial charge in [-0.1, -0.05) is 0 Å². The number of nitrogens with zero attached hydrogens (tertiary/aromatic N) is 2. The van der Waals surface area contributed by atoms with Gasteiger partial charge < -0.3 is 9.67 Å². The number of aromatic amines is 1. The number of carboxylic acids is 1. The second-order valence-electron chi connectivity index (χ2n) is 3.73. The van der Waals surface area contributed by atoms with E-state index in [1.54, 1.807) is 6.20 Å². The van der Waals surface area contributed by atoms with Crippen LogP contribution in [0.1, 0.15) is 17.0 Å². The van der Waals surface area contributed by atoms with E-state index in [4.69, 9.17) is 5.11 Å². The van der Waals surface area contributed by atoms with Crippen LogP contribution >= 0.6 is 0 Å². The Morgan fingerprint density at radius 3 is 3.06 bits per heavy atom. The molecule has 2 heterocycles. The molecule has 0 aliphatic rings. The minimum atomic E-state index is -0.850. The highest BCUT2D eigenvalue weighted by Crippen LogP contribution is 2.12. The molecular weight excluding hydrogens is 206 g/mol. The third-order valence-electron chi connectivity index (χ3n) is 2.56. The fourth-order valence-electron chi connectivity index (χ4n) is 1.67. The molecule has 2 rings (SSSR count). The van der Waals surface area contributed by atoms with Crippen LogP contribution in [0.5, 0.6) is 0 Å². The standard InChI is InChI=1S/C11H13N3O2/c1-14-4-2-3-9(14)5-8-7-12-13-10(8)6-11(15)16/h2-4,7H,5-6H2,1H3,(H,12,13)(H,15,16). The Bertz CT molecular complexity index is 499. The first-order valence-electron chi connectivity index (χ1n) is 5.00. The Morgan fingerprint density at radius 2 is 2.44 bits per heavy atom. The lowest BCUT2D eigenvalue weighted by atomic mass is 10.1.